The highest BCUT2D eigenvalue weighted by atomic mass is 35.5. The maximum atomic E-state index is 6.09. The summed E-state index contributed by atoms with van der Waals surface area (Å²) in [6, 6.07) is 16.0. The fourth-order valence-corrected chi connectivity index (χ4v) is 3.28. The van der Waals surface area contributed by atoms with Gasteiger partial charge in [0.25, 0.3) is 0 Å². The Kier molecular flexibility index (Phi) is 3.60. The fourth-order valence-electron chi connectivity index (χ4n) is 2.95. The Hall–Kier alpha value is -3.02. The van der Waals surface area contributed by atoms with Crippen molar-refractivity contribution < 1.29 is 8.83 Å². The zero-order valence-electron chi connectivity index (χ0n) is 13.7. The van der Waals surface area contributed by atoms with Gasteiger partial charge in [0.2, 0.25) is 11.8 Å². The summed E-state index contributed by atoms with van der Waals surface area (Å²) in [5, 5.41) is 1.20. The predicted molar refractivity (Wildman–Crippen MR) is 107 cm³/mol. The summed E-state index contributed by atoms with van der Waals surface area (Å²) in [6.07, 6.45) is 0. The van der Waals surface area contributed by atoms with Crippen LogP contribution in [-0.4, -0.2) is 9.97 Å². The first-order chi connectivity index (χ1) is 13.0. The second kappa shape index (κ2) is 6.01. The minimum Gasteiger partial charge on any atom is -0.436 e. The number of nitrogen functional groups attached to an aromatic ring is 1. The number of oxazole rings is 2. The number of nitrogens with two attached hydrogens (primary N) is 1. The van der Waals surface area contributed by atoms with Gasteiger partial charge >= 0.3 is 0 Å². The van der Waals surface area contributed by atoms with Crippen LogP contribution in [0.25, 0.3) is 45.1 Å². The molecule has 5 rings (SSSR count). The van der Waals surface area contributed by atoms with Crippen LogP contribution in [0.4, 0.5) is 5.69 Å². The maximum Gasteiger partial charge on any atom is 0.227 e. The lowest BCUT2D eigenvalue weighted by Crippen LogP contribution is -1.89. The highest BCUT2D eigenvalue weighted by Crippen LogP contribution is 2.33. The molecule has 2 aromatic heterocycles. The van der Waals surface area contributed by atoms with Crippen molar-refractivity contribution in [3.63, 3.8) is 0 Å². The SMILES string of the molecule is Nc1cc(-c2nc3cc(Cl)ccc3o2)cc(-c2nc3cc(Cl)ccc3o2)c1. The van der Waals surface area contributed by atoms with Crippen LogP contribution in [0.1, 0.15) is 0 Å². The van der Waals surface area contributed by atoms with Crippen LogP contribution in [0, 0.1) is 0 Å². The number of anilines is 1. The molecular weight excluding hydrogens is 385 g/mol. The van der Waals surface area contributed by atoms with Gasteiger partial charge in [-0.2, -0.15) is 0 Å². The lowest BCUT2D eigenvalue weighted by atomic mass is 10.1. The molecule has 0 aliphatic heterocycles. The van der Waals surface area contributed by atoms with Crippen LogP contribution in [0.2, 0.25) is 10.0 Å². The number of hydrogen-bond donors (Lipinski definition) is 1. The molecule has 5 aromatic rings. The fraction of sp³-hybridized carbons (Fsp3) is 0. The average molecular weight is 396 g/mol. The molecule has 0 saturated heterocycles. The first-order valence-corrected chi connectivity index (χ1v) is 8.84. The van der Waals surface area contributed by atoms with Gasteiger partial charge in [0.05, 0.1) is 0 Å². The van der Waals surface area contributed by atoms with Crippen molar-refractivity contribution in [3.8, 4) is 22.9 Å². The Bertz CT molecular complexity index is 1230. The molecule has 0 fully saturated rings. The molecule has 0 atom stereocenters. The second-order valence-corrected chi connectivity index (χ2v) is 6.98. The predicted octanol–water partition coefficient (Wildman–Crippen LogP) is 6.19. The Morgan fingerprint density at radius 3 is 1.63 bits per heavy atom. The molecule has 0 unspecified atom stereocenters. The lowest BCUT2D eigenvalue weighted by molar-refractivity contribution is 0.617. The lowest BCUT2D eigenvalue weighted by Gasteiger charge is -2.02. The smallest absolute Gasteiger partial charge is 0.227 e. The van der Waals surface area contributed by atoms with E-state index >= 15 is 0 Å². The summed E-state index contributed by atoms with van der Waals surface area (Å²) in [6.45, 7) is 0. The highest BCUT2D eigenvalue weighted by Gasteiger charge is 2.14. The van der Waals surface area contributed by atoms with E-state index in [1.165, 1.54) is 0 Å². The maximum absolute atomic E-state index is 6.09. The number of hydrogen-bond acceptors (Lipinski definition) is 5. The topological polar surface area (TPSA) is 78.1 Å². The van der Waals surface area contributed by atoms with E-state index in [0.29, 0.717) is 49.7 Å². The molecule has 0 spiro atoms. The Labute approximate surface area is 163 Å². The quantitative estimate of drug-likeness (QED) is 0.360. The summed E-state index contributed by atoms with van der Waals surface area (Å²) in [5.74, 6) is 0.889. The van der Waals surface area contributed by atoms with Crippen LogP contribution in [-0.2, 0) is 0 Å². The average Bonchev–Trinajstić information content (AvgIpc) is 3.24. The number of benzene rings is 3. The molecule has 0 aliphatic carbocycles. The largest absolute Gasteiger partial charge is 0.436 e. The van der Waals surface area contributed by atoms with E-state index < -0.39 is 0 Å². The third-order valence-electron chi connectivity index (χ3n) is 4.15. The molecule has 2 heterocycles. The molecular formula is C20H11Cl2N3O2. The van der Waals surface area contributed by atoms with E-state index in [9.17, 15) is 0 Å². The number of halogens is 2. The minimum absolute atomic E-state index is 0.444. The van der Waals surface area contributed by atoms with Crippen LogP contribution in [0.5, 0.6) is 0 Å². The van der Waals surface area contributed by atoms with Gasteiger partial charge in [-0.05, 0) is 54.6 Å². The van der Waals surface area contributed by atoms with Crippen molar-refractivity contribution in [1.29, 1.82) is 0 Å². The highest BCUT2D eigenvalue weighted by molar-refractivity contribution is 6.31. The molecule has 27 heavy (non-hydrogen) atoms. The van der Waals surface area contributed by atoms with Gasteiger partial charge in [-0.1, -0.05) is 23.2 Å². The Balaban J connectivity index is 1.64. The molecule has 2 N–H and O–H groups in total. The standard InChI is InChI=1S/C20H11Cl2N3O2/c21-12-1-3-17-15(8-12)24-19(26-17)10-5-11(7-14(23)6-10)20-25-16-9-13(22)2-4-18(16)27-20/h1-9H,23H2. The van der Waals surface area contributed by atoms with E-state index in [-0.39, 0.29) is 0 Å². The molecule has 5 nitrogen and oxygen atoms in total. The molecule has 132 valence electrons. The van der Waals surface area contributed by atoms with Gasteiger partial charge in [0.15, 0.2) is 11.2 Å². The number of nitrogens with zero attached hydrogens (tertiary/aromatic N) is 2. The van der Waals surface area contributed by atoms with Crippen LogP contribution < -0.4 is 5.73 Å². The molecule has 3 aromatic carbocycles. The normalized spacial score (nSPS) is 11.5. The van der Waals surface area contributed by atoms with Crippen molar-refractivity contribution in [2.45, 2.75) is 0 Å². The number of rotatable bonds is 2. The second-order valence-electron chi connectivity index (χ2n) is 6.11. The summed E-state index contributed by atoms with van der Waals surface area (Å²) >= 11 is 12.0. The van der Waals surface area contributed by atoms with Gasteiger partial charge in [-0.3, -0.25) is 0 Å². The Morgan fingerprint density at radius 2 is 1.15 bits per heavy atom. The minimum atomic E-state index is 0.444. The molecule has 0 bridgehead atoms. The van der Waals surface area contributed by atoms with Gasteiger partial charge in [-0.15, -0.1) is 0 Å². The van der Waals surface area contributed by atoms with Crippen LogP contribution in [0.3, 0.4) is 0 Å². The zero-order chi connectivity index (χ0) is 18.5. The van der Waals surface area contributed by atoms with E-state index in [0.717, 1.165) is 11.1 Å². The first kappa shape index (κ1) is 16.2. The van der Waals surface area contributed by atoms with E-state index in [1.807, 2.05) is 6.07 Å². The summed E-state index contributed by atoms with van der Waals surface area (Å²) in [7, 11) is 0. The number of fused-ring (bicyclic) bond motifs is 2. The monoisotopic (exact) mass is 395 g/mol. The number of aromatic nitrogens is 2. The molecule has 0 aliphatic rings. The van der Waals surface area contributed by atoms with E-state index in [4.69, 9.17) is 37.8 Å². The van der Waals surface area contributed by atoms with Crippen molar-refractivity contribution in [1.82, 2.24) is 9.97 Å². The van der Waals surface area contributed by atoms with E-state index in [2.05, 4.69) is 9.97 Å². The van der Waals surface area contributed by atoms with Gasteiger partial charge in [-0.25, -0.2) is 9.97 Å². The van der Waals surface area contributed by atoms with Crippen molar-refractivity contribution in [3.05, 3.63) is 64.6 Å². The third-order valence-corrected chi connectivity index (χ3v) is 4.62. The summed E-state index contributed by atoms with van der Waals surface area (Å²) in [5.41, 5.74) is 10.7. The first-order valence-electron chi connectivity index (χ1n) is 8.09. The van der Waals surface area contributed by atoms with Crippen LogP contribution >= 0.6 is 23.2 Å². The van der Waals surface area contributed by atoms with Crippen LogP contribution in [0.15, 0.2) is 63.4 Å². The van der Waals surface area contributed by atoms with Crippen molar-refractivity contribution in [2.24, 2.45) is 0 Å². The van der Waals surface area contributed by atoms with Gasteiger partial charge < -0.3 is 14.6 Å². The molecule has 0 saturated carbocycles. The van der Waals surface area contributed by atoms with Crippen molar-refractivity contribution in [2.75, 3.05) is 5.73 Å². The molecule has 0 radical (unpaired) electrons. The van der Waals surface area contributed by atoms with Gasteiger partial charge in [0.1, 0.15) is 11.0 Å². The van der Waals surface area contributed by atoms with Gasteiger partial charge in [0, 0.05) is 26.9 Å². The summed E-state index contributed by atoms with van der Waals surface area (Å²) < 4.78 is 11.7. The zero-order valence-corrected chi connectivity index (χ0v) is 15.3. The third kappa shape index (κ3) is 2.91. The van der Waals surface area contributed by atoms with E-state index in [1.54, 1.807) is 48.5 Å². The Morgan fingerprint density at radius 1 is 0.667 bits per heavy atom. The summed E-state index contributed by atoms with van der Waals surface area (Å²) in [4.78, 5) is 9.00. The van der Waals surface area contributed by atoms with Crippen molar-refractivity contribution >= 4 is 51.1 Å². The molecule has 0 amide bonds. The molecule has 7 heteroatoms.